The van der Waals surface area contributed by atoms with Gasteiger partial charge in [0.1, 0.15) is 5.82 Å². The number of carboxylic acids is 1. The zero-order chi connectivity index (χ0) is 18.0. The van der Waals surface area contributed by atoms with Crippen LogP contribution in [-0.4, -0.2) is 26.5 Å². The largest absolute Gasteiger partial charge is 0.478 e. The van der Waals surface area contributed by atoms with Crippen LogP contribution in [0.25, 0.3) is 17.1 Å². The van der Waals surface area contributed by atoms with Gasteiger partial charge >= 0.3 is 5.97 Å². The van der Waals surface area contributed by atoms with E-state index < -0.39 is 5.97 Å². The number of hydrogen-bond donors (Lipinski definition) is 2. The van der Waals surface area contributed by atoms with Crippen molar-refractivity contribution in [1.29, 1.82) is 0 Å². The van der Waals surface area contributed by atoms with Gasteiger partial charge in [-0.25, -0.2) is 9.78 Å². The second-order valence-corrected chi connectivity index (χ2v) is 5.67. The summed E-state index contributed by atoms with van der Waals surface area (Å²) < 4.78 is 1.97. The zero-order valence-corrected chi connectivity index (χ0v) is 13.9. The maximum Gasteiger partial charge on any atom is 0.328 e. The maximum atomic E-state index is 12.4. The first-order valence-corrected chi connectivity index (χ1v) is 7.69. The van der Waals surface area contributed by atoms with Gasteiger partial charge in [-0.3, -0.25) is 4.79 Å². The molecule has 0 saturated carbocycles. The molecule has 126 valence electrons. The lowest BCUT2D eigenvalue weighted by atomic mass is 10.1. The van der Waals surface area contributed by atoms with E-state index in [2.05, 4.69) is 10.3 Å². The molecule has 3 rings (SSSR count). The molecule has 0 saturated heterocycles. The first-order chi connectivity index (χ1) is 11.9. The number of carbonyl (C=O) groups excluding carboxylic acids is 1. The molecular weight excluding hydrogens is 318 g/mol. The maximum absolute atomic E-state index is 12.4. The van der Waals surface area contributed by atoms with Gasteiger partial charge in [-0.05, 0) is 48.9 Å². The normalized spacial score (nSPS) is 11.1. The van der Waals surface area contributed by atoms with E-state index in [1.807, 2.05) is 24.6 Å². The molecule has 1 heterocycles. The van der Waals surface area contributed by atoms with E-state index in [9.17, 15) is 9.59 Å². The minimum Gasteiger partial charge on any atom is -0.478 e. The number of hydrogen-bond acceptors (Lipinski definition) is 3. The molecule has 0 radical (unpaired) electrons. The molecule has 0 aliphatic carbocycles. The van der Waals surface area contributed by atoms with Crippen molar-refractivity contribution in [1.82, 2.24) is 9.55 Å². The molecular formula is C19H17N3O3. The van der Waals surface area contributed by atoms with Crippen molar-refractivity contribution < 1.29 is 14.7 Å². The summed E-state index contributed by atoms with van der Waals surface area (Å²) in [5.74, 6) is -0.339. The van der Waals surface area contributed by atoms with Crippen LogP contribution in [0.3, 0.4) is 0 Å². The van der Waals surface area contributed by atoms with Gasteiger partial charge in [0, 0.05) is 24.4 Å². The predicted octanol–water partition coefficient (Wildman–Crippen LogP) is 3.23. The van der Waals surface area contributed by atoms with Gasteiger partial charge in [-0.1, -0.05) is 12.1 Å². The van der Waals surface area contributed by atoms with E-state index >= 15 is 0 Å². The Balaban J connectivity index is 1.76. The highest BCUT2D eigenvalue weighted by atomic mass is 16.4. The highest BCUT2D eigenvalue weighted by molar-refractivity contribution is 6.06. The molecule has 0 spiro atoms. The lowest BCUT2D eigenvalue weighted by molar-refractivity contribution is -0.131. The van der Waals surface area contributed by atoms with Crippen molar-refractivity contribution in [3.63, 3.8) is 0 Å². The van der Waals surface area contributed by atoms with Gasteiger partial charge in [0.25, 0.3) is 5.91 Å². The molecule has 6 nitrogen and oxygen atoms in total. The summed E-state index contributed by atoms with van der Waals surface area (Å²) in [4.78, 5) is 27.4. The fourth-order valence-corrected chi connectivity index (χ4v) is 2.51. The number of aliphatic carboxylic acids is 1. The molecule has 0 atom stereocenters. The average molecular weight is 335 g/mol. The second kappa shape index (κ2) is 6.60. The quantitative estimate of drug-likeness (QED) is 0.717. The number of nitrogens with zero attached hydrogens (tertiary/aromatic N) is 2. The Morgan fingerprint density at radius 3 is 2.56 bits per heavy atom. The number of amides is 1. The summed E-state index contributed by atoms with van der Waals surface area (Å²) in [5, 5.41) is 11.4. The van der Waals surface area contributed by atoms with Crippen molar-refractivity contribution in [3.05, 3.63) is 65.5 Å². The molecule has 2 aromatic carbocycles. The number of aryl methyl sites for hydroxylation is 2. The van der Waals surface area contributed by atoms with Crippen molar-refractivity contribution in [2.45, 2.75) is 6.92 Å². The number of carboxylic acid groups (broad SMARTS) is 1. The zero-order valence-electron chi connectivity index (χ0n) is 13.9. The third-order valence-corrected chi connectivity index (χ3v) is 3.95. The SMILES string of the molecule is Cc1nc2cc(C(=O)Nc3ccc(/C=C/C(=O)O)cc3)ccc2n1C. The number of anilines is 1. The summed E-state index contributed by atoms with van der Waals surface area (Å²) in [7, 11) is 1.94. The van der Waals surface area contributed by atoms with Crippen LogP contribution in [0.2, 0.25) is 0 Å². The second-order valence-electron chi connectivity index (χ2n) is 5.67. The Hall–Kier alpha value is -3.41. The van der Waals surface area contributed by atoms with Crippen LogP contribution in [0.15, 0.2) is 48.5 Å². The van der Waals surface area contributed by atoms with E-state index in [1.165, 1.54) is 6.08 Å². The summed E-state index contributed by atoms with van der Waals surface area (Å²) in [5.41, 5.74) is 3.66. The first kappa shape index (κ1) is 16.4. The standard InChI is InChI=1S/C19H17N3O3/c1-12-20-16-11-14(6-9-17(16)22(12)2)19(25)21-15-7-3-13(4-8-15)5-10-18(23)24/h3-11H,1-2H3,(H,21,25)(H,23,24)/b10-5+. The van der Waals surface area contributed by atoms with Crippen LogP contribution in [-0.2, 0) is 11.8 Å². The van der Waals surface area contributed by atoms with Crippen molar-refractivity contribution in [2.24, 2.45) is 7.05 Å². The van der Waals surface area contributed by atoms with E-state index in [-0.39, 0.29) is 5.91 Å². The van der Waals surface area contributed by atoms with E-state index in [4.69, 9.17) is 5.11 Å². The number of rotatable bonds is 4. The smallest absolute Gasteiger partial charge is 0.328 e. The molecule has 0 aliphatic rings. The highest BCUT2D eigenvalue weighted by Gasteiger charge is 2.10. The Morgan fingerprint density at radius 1 is 1.16 bits per heavy atom. The lowest BCUT2D eigenvalue weighted by Crippen LogP contribution is -2.11. The average Bonchev–Trinajstić information content (AvgIpc) is 2.88. The van der Waals surface area contributed by atoms with Crippen LogP contribution < -0.4 is 5.32 Å². The van der Waals surface area contributed by atoms with E-state index in [0.717, 1.165) is 28.5 Å². The molecule has 1 amide bonds. The Labute approximate surface area is 144 Å². The van der Waals surface area contributed by atoms with Crippen LogP contribution in [0, 0.1) is 6.92 Å². The summed E-state index contributed by atoms with van der Waals surface area (Å²) >= 11 is 0. The molecule has 25 heavy (non-hydrogen) atoms. The van der Waals surface area contributed by atoms with E-state index in [0.29, 0.717) is 11.3 Å². The van der Waals surface area contributed by atoms with Crippen LogP contribution in [0.4, 0.5) is 5.69 Å². The summed E-state index contributed by atoms with van der Waals surface area (Å²) in [6.07, 6.45) is 2.56. The Kier molecular flexibility index (Phi) is 4.35. The van der Waals surface area contributed by atoms with Gasteiger partial charge in [-0.2, -0.15) is 0 Å². The van der Waals surface area contributed by atoms with Gasteiger partial charge in [0.2, 0.25) is 0 Å². The minimum absolute atomic E-state index is 0.223. The first-order valence-electron chi connectivity index (χ1n) is 7.69. The van der Waals surface area contributed by atoms with Gasteiger partial charge in [-0.15, -0.1) is 0 Å². The number of benzene rings is 2. The van der Waals surface area contributed by atoms with Gasteiger partial charge in [0.05, 0.1) is 11.0 Å². The van der Waals surface area contributed by atoms with Crippen LogP contribution in [0.1, 0.15) is 21.7 Å². The number of aromatic nitrogens is 2. The van der Waals surface area contributed by atoms with Crippen molar-refractivity contribution in [3.8, 4) is 0 Å². The van der Waals surface area contributed by atoms with Crippen LogP contribution in [0.5, 0.6) is 0 Å². The van der Waals surface area contributed by atoms with E-state index in [1.54, 1.807) is 36.4 Å². The fourth-order valence-electron chi connectivity index (χ4n) is 2.51. The summed E-state index contributed by atoms with van der Waals surface area (Å²) in [6, 6.07) is 12.3. The lowest BCUT2D eigenvalue weighted by Gasteiger charge is -2.06. The fraction of sp³-hybridized carbons (Fsp3) is 0.105. The molecule has 0 unspecified atom stereocenters. The van der Waals surface area contributed by atoms with Gasteiger partial charge in [0.15, 0.2) is 0 Å². The monoisotopic (exact) mass is 335 g/mol. The minimum atomic E-state index is -1.00. The third kappa shape index (κ3) is 3.58. The number of carbonyl (C=O) groups is 2. The van der Waals surface area contributed by atoms with Crippen molar-refractivity contribution in [2.75, 3.05) is 5.32 Å². The summed E-state index contributed by atoms with van der Waals surface area (Å²) in [6.45, 7) is 1.92. The molecule has 3 aromatic rings. The molecule has 0 fully saturated rings. The van der Waals surface area contributed by atoms with Crippen LogP contribution >= 0.6 is 0 Å². The number of imidazole rings is 1. The topological polar surface area (TPSA) is 84.2 Å². The molecule has 2 N–H and O–H groups in total. The highest BCUT2D eigenvalue weighted by Crippen LogP contribution is 2.18. The molecule has 0 aliphatic heterocycles. The Bertz CT molecular complexity index is 985. The Morgan fingerprint density at radius 2 is 1.88 bits per heavy atom. The predicted molar refractivity (Wildman–Crippen MR) is 96.5 cm³/mol. The molecule has 1 aromatic heterocycles. The van der Waals surface area contributed by atoms with Gasteiger partial charge < -0.3 is 15.0 Å². The van der Waals surface area contributed by atoms with Crippen molar-refractivity contribution >= 4 is 34.7 Å². The number of nitrogens with one attached hydrogen (secondary N) is 1. The third-order valence-electron chi connectivity index (χ3n) is 3.95. The number of fused-ring (bicyclic) bond motifs is 1. The molecule has 6 heteroatoms. The molecule has 0 bridgehead atoms.